The minimum atomic E-state index is -1.92. The molecule has 1 aliphatic heterocycles. The number of likely N-dealkylation sites (tertiary alicyclic amines) is 1. The number of aromatic carboxylic acids is 1. The van der Waals surface area contributed by atoms with Crippen LogP contribution in [0.15, 0.2) is 71.1 Å². The Morgan fingerprint density at radius 3 is 2.33 bits per heavy atom. The topological polar surface area (TPSA) is 142 Å². The molecule has 2 N–H and O–H groups in total. The summed E-state index contributed by atoms with van der Waals surface area (Å²) >= 11 is 12.8. The van der Waals surface area contributed by atoms with Crippen molar-refractivity contribution in [2.45, 2.75) is 58.5 Å². The van der Waals surface area contributed by atoms with Gasteiger partial charge in [0.05, 0.1) is 29.8 Å². The fourth-order valence-corrected chi connectivity index (χ4v) is 7.83. The Morgan fingerprint density at radius 1 is 1.06 bits per heavy atom. The van der Waals surface area contributed by atoms with E-state index in [-0.39, 0.29) is 53.3 Å². The average Bonchev–Trinajstić information content (AvgIpc) is 3.01. The summed E-state index contributed by atoms with van der Waals surface area (Å²) in [5.74, 6) is -3.08. The highest BCUT2D eigenvalue weighted by Crippen LogP contribution is 2.52. The highest BCUT2D eigenvalue weighted by Gasteiger charge is 2.52. The van der Waals surface area contributed by atoms with Crippen molar-refractivity contribution in [1.82, 2.24) is 4.90 Å². The van der Waals surface area contributed by atoms with Gasteiger partial charge in [-0.25, -0.2) is 4.79 Å². The number of carbonyl (C=O) groups excluding carboxylic acids is 3. The maximum atomic E-state index is 14.9. The van der Waals surface area contributed by atoms with Gasteiger partial charge in [0.2, 0.25) is 17.7 Å². The summed E-state index contributed by atoms with van der Waals surface area (Å²) in [5, 5.41) is 13.2. The number of rotatable bonds is 11. The van der Waals surface area contributed by atoms with Gasteiger partial charge < -0.3 is 28.6 Å². The van der Waals surface area contributed by atoms with Gasteiger partial charge in [-0.15, -0.1) is 0 Å². The van der Waals surface area contributed by atoms with Crippen LogP contribution in [0, 0.1) is 11.3 Å². The summed E-state index contributed by atoms with van der Waals surface area (Å²) in [6.07, 6.45) is 0.0203. The van der Waals surface area contributed by atoms with Crippen molar-refractivity contribution in [2.75, 3.05) is 18.2 Å². The molecule has 10 nitrogen and oxygen atoms in total. The second kappa shape index (κ2) is 15.5. The smallest absolute Gasteiger partial charge is 0.335 e. The molecule has 0 bridgehead atoms. The van der Waals surface area contributed by atoms with Crippen LogP contribution >= 0.6 is 23.2 Å². The van der Waals surface area contributed by atoms with Crippen molar-refractivity contribution in [3.8, 4) is 5.75 Å². The number of carbonyl (C=O) groups is 4. The lowest BCUT2D eigenvalue weighted by Gasteiger charge is -2.53. The number of ether oxygens (including phenoxy) is 1. The molecule has 4 rings (SSSR count). The predicted molar refractivity (Wildman–Crippen MR) is 186 cm³/mol. The number of amides is 3. The molecule has 3 aromatic carbocycles. The molecule has 3 aromatic rings. The van der Waals surface area contributed by atoms with E-state index in [0.29, 0.717) is 10.0 Å². The average molecular weight is 716 g/mol. The van der Waals surface area contributed by atoms with Crippen molar-refractivity contribution in [2.24, 2.45) is 15.7 Å². The van der Waals surface area contributed by atoms with Crippen LogP contribution in [0.4, 0.5) is 5.69 Å². The van der Waals surface area contributed by atoms with Crippen LogP contribution in [0.1, 0.15) is 74.0 Å². The molecule has 0 saturated carbocycles. The standard InChI is InChI=1S/C35H38Cl2N3O7S/c1-20(2)29(19-48(46)39-21(3)41)40-32(22-9-12-25(36)13-10-22)27(23-7-6-8-26(37)15-23)17-35(4,34(40)45)18-31(42)38-28-14-11-24(33(43)44)16-30(28)47-5/h6-16,20,27,29,32H,17-19H2,1-5H3,(H,38,42)(H,43,44)/q-1/t27-,29?,32-,35-/m1/s1. The monoisotopic (exact) mass is 714 g/mol. The molecule has 0 spiro atoms. The number of hydrogen-bond acceptors (Lipinski definition) is 7. The number of piperidine rings is 1. The minimum Gasteiger partial charge on any atom is -0.495 e. The molecule has 256 valence electrons. The fourth-order valence-electron chi connectivity index (χ4n) is 6.31. The van der Waals surface area contributed by atoms with E-state index in [0.717, 1.165) is 11.1 Å². The summed E-state index contributed by atoms with van der Waals surface area (Å²) in [7, 11) is -0.556. The lowest BCUT2D eigenvalue weighted by Crippen LogP contribution is -2.58. The third-order valence-electron chi connectivity index (χ3n) is 8.53. The number of carboxylic acid groups (broad SMARTS) is 1. The molecule has 0 radical (unpaired) electrons. The van der Waals surface area contributed by atoms with Gasteiger partial charge in [-0.3, -0.25) is 14.4 Å². The quantitative estimate of drug-likeness (QED) is 0.196. The molecule has 48 heavy (non-hydrogen) atoms. The maximum Gasteiger partial charge on any atom is 0.335 e. The van der Waals surface area contributed by atoms with Gasteiger partial charge in [-0.05, 0) is 65.9 Å². The first-order chi connectivity index (χ1) is 22.6. The third kappa shape index (κ3) is 8.56. The van der Waals surface area contributed by atoms with Gasteiger partial charge in [0, 0.05) is 35.3 Å². The normalized spacial score (nSPS) is 20.8. The first-order valence-corrected chi connectivity index (χ1v) is 17.3. The van der Waals surface area contributed by atoms with E-state index in [9.17, 15) is 28.5 Å². The van der Waals surface area contributed by atoms with Crippen LogP contribution in [0.3, 0.4) is 0 Å². The third-order valence-corrected chi connectivity index (χ3v) is 10.1. The second-order valence-corrected chi connectivity index (χ2v) is 14.5. The van der Waals surface area contributed by atoms with E-state index in [1.165, 1.54) is 32.2 Å². The van der Waals surface area contributed by atoms with Gasteiger partial charge in [-0.1, -0.05) is 74.0 Å². The van der Waals surface area contributed by atoms with E-state index in [1.54, 1.807) is 30.0 Å². The van der Waals surface area contributed by atoms with Gasteiger partial charge in [0.25, 0.3) is 0 Å². The number of benzene rings is 3. The SMILES string of the molecule is COc1cc(C(=O)O)ccc1NC(=O)C[C@@]1(C)C[C@H](c2cccc(Cl)c2)[C@@H](c2ccc(Cl)cc2)N(C(C[S-](=O)=NC(C)=O)C(C)C)C1=O. The zero-order chi connectivity index (χ0) is 35.3. The number of hydrogen-bond donors (Lipinski definition) is 2. The first-order valence-electron chi connectivity index (χ1n) is 15.3. The summed E-state index contributed by atoms with van der Waals surface area (Å²) in [6, 6.07) is 17.4. The van der Waals surface area contributed by atoms with E-state index in [2.05, 4.69) is 9.68 Å². The van der Waals surface area contributed by atoms with Crippen molar-refractivity contribution in [3.63, 3.8) is 0 Å². The zero-order valence-electron chi connectivity index (χ0n) is 27.2. The highest BCUT2D eigenvalue weighted by atomic mass is 35.5. The van der Waals surface area contributed by atoms with E-state index < -0.39 is 45.9 Å². The molecular formula is C35H38Cl2N3O7S-. The molecule has 1 aliphatic rings. The second-order valence-electron chi connectivity index (χ2n) is 12.5. The van der Waals surface area contributed by atoms with Crippen LogP contribution in [-0.4, -0.2) is 52.6 Å². The number of anilines is 1. The number of nitrogens with zero attached hydrogens (tertiary/aromatic N) is 2. The summed E-state index contributed by atoms with van der Waals surface area (Å²) in [5.41, 5.74) is 0.603. The lowest BCUT2D eigenvalue weighted by molar-refractivity contribution is -0.157. The van der Waals surface area contributed by atoms with Crippen LogP contribution in [0.25, 0.3) is 0 Å². The van der Waals surface area contributed by atoms with Crippen LogP contribution in [-0.2, 0) is 29.2 Å². The van der Waals surface area contributed by atoms with Crippen LogP contribution in [0.2, 0.25) is 10.0 Å². The number of halogens is 2. The molecule has 0 aliphatic carbocycles. The van der Waals surface area contributed by atoms with Crippen molar-refractivity contribution in [1.29, 1.82) is 0 Å². The van der Waals surface area contributed by atoms with Crippen molar-refractivity contribution < 1.29 is 33.2 Å². The van der Waals surface area contributed by atoms with Gasteiger partial charge in [-0.2, -0.15) is 10.6 Å². The van der Waals surface area contributed by atoms with Gasteiger partial charge in [0.1, 0.15) is 5.75 Å². The Balaban J connectivity index is 1.85. The molecule has 1 fully saturated rings. The van der Waals surface area contributed by atoms with Crippen LogP contribution in [0.5, 0.6) is 5.75 Å². The molecule has 4 atom stereocenters. The van der Waals surface area contributed by atoms with E-state index in [4.69, 9.17) is 27.9 Å². The lowest BCUT2D eigenvalue weighted by atomic mass is 9.66. The minimum absolute atomic E-state index is 0.0128. The Kier molecular flexibility index (Phi) is 11.9. The molecular weight excluding hydrogens is 677 g/mol. The molecule has 1 unspecified atom stereocenters. The molecule has 1 heterocycles. The molecule has 13 heteroatoms. The highest BCUT2D eigenvalue weighted by molar-refractivity contribution is 7.75. The summed E-state index contributed by atoms with van der Waals surface area (Å²) in [6.45, 7) is 6.76. The summed E-state index contributed by atoms with van der Waals surface area (Å²) < 4.78 is 22.2. The molecule has 1 saturated heterocycles. The van der Waals surface area contributed by atoms with Gasteiger partial charge in [0.15, 0.2) is 0 Å². The first kappa shape index (κ1) is 36.9. The van der Waals surface area contributed by atoms with Crippen molar-refractivity contribution in [3.05, 3.63) is 93.5 Å². The number of carboxylic acids is 1. The Bertz CT molecular complexity index is 1790. The number of methoxy groups -OCH3 is 1. The zero-order valence-corrected chi connectivity index (χ0v) is 29.6. The molecule has 3 amide bonds. The Morgan fingerprint density at radius 2 is 1.75 bits per heavy atom. The molecule has 0 aromatic heterocycles. The predicted octanol–water partition coefficient (Wildman–Crippen LogP) is 7.51. The maximum absolute atomic E-state index is 14.9. The fraction of sp³-hybridized carbons (Fsp3) is 0.371. The van der Waals surface area contributed by atoms with E-state index >= 15 is 0 Å². The Hall–Kier alpha value is -3.93. The number of nitrogens with one attached hydrogen (secondary N) is 1. The summed E-state index contributed by atoms with van der Waals surface area (Å²) in [4.78, 5) is 53.6. The van der Waals surface area contributed by atoms with Crippen LogP contribution < -0.4 is 10.1 Å². The Labute approximate surface area is 292 Å². The van der Waals surface area contributed by atoms with E-state index in [1.807, 2.05) is 44.2 Å². The van der Waals surface area contributed by atoms with Gasteiger partial charge >= 0.3 is 5.97 Å². The largest absolute Gasteiger partial charge is 0.495 e. The van der Waals surface area contributed by atoms with Crippen molar-refractivity contribution >= 4 is 63.2 Å².